The molecule has 0 aliphatic rings. The number of aromatic hydroxyl groups is 2. The fourth-order valence-electron chi connectivity index (χ4n) is 1.65. The molecule has 9 heteroatoms. The molecule has 0 saturated heterocycles. The van der Waals surface area contributed by atoms with E-state index in [1.165, 1.54) is 29.7 Å². The van der Waals surface area contributed by atoms with Gasteiger partial charge in [0, 0.05) is 5.38 Å². The van der Waals surface area contributed by atoms with Crippen LogP contribution < -0.4 is 5.43 Å². The molecule has 0 unspecified atom stereocenters. The van der Waals surface area contributed by atoms with Crippen LogP contribution in [0.1, 0.15) is 18.2 Å². The van der Waals surface area contributed by atoms with E-state index in [-0.39, 0.29) is 23.9 Å². The Bertz CT molecular complexity index is 733. The molecule has 7 nitrogen and oxygen atoms in total. The Kier molecular flexibility index (Phi) is 5.94. The molecule has 0 aliphatic carbocycles. The van der Waals surface area contributed by atoms with Gasteiger partial charge in [0.25, 0.3) is 0 Å². The minimum Gasteiger partial charge on any atom is -0.507 e. The van der Waals surface area contributed by atoms with Crippen LogP contribution in [0.4, 0.5) is 5.13 Å². The van der Waals surface area contributed by atoms with Crippen molar-refractivity contribution in [3.8, 4) is 11.5 Å². The number of rotatable bonds is 6. The Balaban J connectivity index is 2.00. The summed E-state index contributed by atoms with van der Waals surface area (Å²) in [4.78, 5) is 15.6. The third-order valence-electron chi connectivity index (χ3n) is 2.67. The molecule has 0 amide bonds. The molecule has 0 radical (unpaired) electrons. The first-order valence-corrected chi connectivity index (χ1v) is 8.28. The second-order valence-corrected chi connectivity index (χ2v) is 5.98. The van der Waals surface area contributed by atoms with Gasteiger partial charge in [-0.15, -0.1) is 11.3 Å². The highest BCUT2D eigenvalue weighted by Gasteiger charge is 2.09. The van der Waals surface area contributed by atoms with Crippen molar-refractivity contribution in [1.29, 1.82) is 0 Å². The molecule has 0 spiro atoms. The van der Waals surface area contributed by atoms with Crippen molar-refractivity contribution < 1.29 is 19.7 Å². The van der Waals surface area contributed by atoms with E-state index in [9.17, 15) is 15.0 Å². The highest BCUT2D eigenvalue weighted by atomic mass is 79.9. The van der Waals surface area contributed by atoms with Gasteiger partial charge in [-0.05, 0) is 35.0 Å². The van der Waals surface area contributed by atoms with Gasteiger partial charge in [-0.2, -0.15) is 5.10 Å². The Morgan fingerprint density at radius 3 is 2.96 bits per heavy atom. The number of anilines is 1. The molecule has 3 N–H and O–H groups in total. The number of benzene rings is 1. The van der Waals surface area contributed by atoms with Gasteiger partial charge >= 0.3 is 5.97 Å². The van der Waals surface area contributed by atoms with E-state index in [1.807, 2.05) is 0 Å². The number of thiazole rings is 1. The average molecular weight is 400 g/mol. The molecule has 0 aliphatic heterocycles. The number of hydrogen-bond donors (Lipinski definition) is 3. The Hall–Kier alpha value is -2.13. The summed E-state index contributed by atoms with van der Waals surface area (Å²) < 4.78 is 5.19. The number of carbonyl (C=O) groups is 1. The molecule has 0 fully saturated rings. The number of phenols is 2. The molecule has 122 valence electrons. The van der Waals surface area contributed by atoms with E-state index < -0.39 is 0 Å². The second kappa shape index (κ2) is 7.93. The molecule has 1 aromatic heterocycles. The van der Waals surface area contributed by atoms with E-state index >= 15 is 0 Å². The Labute approximate surface area is 144 Å². The number of nitrogens with one attached hydrogen (secondary N) is 1. The highest BCUT2D eigenvalue weighted by molar-refractivity contribution is 9.10. The summed E-state index contributed by atoms with van der Waals surface area (Å²) in [5.74, 6) is -0.362. The zero-order valence-corrected chi connectivity index (χ0v) is 14.5. The third-order valence-corrected chi connectivity index (χ3v) is 4.30. The quantitative estimate of drug-likeness (QED) is 0.298. The van der Waals surface area contributed by atoms with Crippen LogP contribution in [0.3, 0.4) is 0 Å². The minimum absolute atomic E-state index is 0.00442. The van der Waals surface area contributed by atoms with Crippen molar-refractivity contribution in [3.63, 3.8) is 0 Å². The average Bonchev–Trinajstić information content (AvgIpc) is 2.94. The molecule has 2 rings (SSSR count). The van der Waals surface area contributed by atoms with Crippen LogP contribution >= 0.6 is 27.3 Å². The van der Waals surface area contributed by atoms with Gasteiger partial charge in [0.15, 0.2) is 0 Å². The number of halogens is 1. The zero-order valence-electron chi connectivity index (χ0n) is 12.1. The lowest BCUT2D eigenvalue weighted by Crippen LogP contribution is -2.07. The lowest BCUT2D eigenvalue weighted by molar-refractivity contribution is -0.142. The van der Waals surface area contributed by atoms with Gasteiger partial charge in [-0.3, -0.25) is 10.2 Å². The second-order valence-electron chi connectivity index (χ2n) is 4.33. The molecule has 23 heavy (non-hydrogen) atoms. The largest absolute Gasteiger partial charge is 0.507 e. The summed E-state index contributed by atoms with van der Waals surface area (Å²) in [7, 11) is 0. The maximum absolute atomic E-state index is 11.4. The fraction of sp³-hybridized carbons (Fsp3) is 0.214. The van der Waals surface area contributed by atoms with E-state index in [0.717, 1.165) is 0 Å². The number of nitrogens with zero attached hydrogens (tertiary/aromatic N) is 2. The number of ether oxygens (including phenoxy) is 1. The van der Waals surface area contributed by atoms with Gasteiger partial charge in [0.2, 0.25) is 5.13 Å². The molecular formula is C14H14BrN3O4S. The van der Waals surface area contributed by atoms with Gasteiger partial charge in [0.1, 0.15) is 11.5 Å². The van der Waals surface area contributed by atoms with Crippen molar-refractivity contribution in [2.24, 2.45) is 5.10 Å². The maximum Gasteiger partial charge on any atom is 0.311 e. The molecule has 2 aromatic rings. The van der Waals surface area contributed by atoms with Crippen LogP contribution in [-0.4, -0.2) is 34.0 Å². The maximum atomic E-state index is 11.4. The number of hydrogen-bond acceptors (Lipinski definition) is 8. The van der Waals surface area contributed by atoms with E-state index in [4.69, 9.17) is 4.74 Å². The predicted molar refractivity (Wildman–Crippen MR) is 91.1 cm³/mol. The van der Waals surface area contributed by atoms with Crippen molar-refractivity contribution in [2.45, 2.75) is 13.3 Å². The first-order valence-electron chi connectivity index (χ1n) is 6.60. The monoisotopic (exact) mass is 399 g/mol. The molecule has 1 aromatic carbocycles. The standard InChI is InChI=1S/C14H14BrN3O4S/c1-2-22-12(21)5-8-7-23-14(17-8)18-16-6-9-10(19)3-4-11(20)13(9)15/h3-4,6-7,19-20H,2,5H2,1H3,(H,17,18). The lowest BCUT2D eigenvalue weighted by Gasteiger charge is -2.03. The van der Waals surface area contributed by atoms with Crippen molar-refractivity contribution in [3.05, 3.63) is 33.2 Å². The lowest BCUT2D eigenvalue weighted by atomic mass is 10.2. The number of esters is 1. The predicted octanol–water partition coefficient (Wildman–Crippen LogP) is 2.87. The van der Waals surface area contributed by atoms with Gasteiger partial charge in [-0.1, -0.05) is 0 Å². The molecule has 0 saturated carbocycles. The fourth-order valence-corrected chi connectivity index (χ4v) is 2.74. The molecule has 0 bridgehead atoms. The number of carbonyl (C=O) groups excluding carboxylic acids is 1. The van der Waals surface area contributed by atoms with E-state index in [0.29, 0.717) is 27.5 Å². The summed E-state index contributed by atoms with van der Waals surface area (Å²) in [6, 6.07) is 2.73. The Morgan fingerprint density at radius 2 is 2.22 bits per heavy atom. The van der Waals surface area contributed by atoms with Crippen LogP contribution in [-0.2, 0) is 16.0 Å². The smallest absolute Gasteiger partial charge is 0.311 e. The number of phenolic OH excluding ortho intramolecular Hbond substituents is 2. The molecule has 0 atom stereocenters. The van der Waals surface area contributed by atoms with Crippen molar-refractivity contribution in [2.75, 3.05) is 12.0 Å². The van der Waals surface area contributed by atoms with Crippen LogP contribution in [0.5, 0.6) is 11.5 Å². The van der Waals surface area contributed by atoms with E-state index in [1.54, 1.807) is 12.3 Å². The van der Waals surface area contributed by atoms with Gasteiger partial charge < -0.3 is 14.9 Å². The molecular weight excluding hydrogens is 386 g/mol. The summed E-state index contributed by atoms with van der Waals surface area (Å²) in [5.41, 5.74) is 3.63. The summed E-state index contributed by atoms with van der Waals surface area (Å²) in [6.45, 7) is 2.08. The number of aromatic nitrogens is 1. The van der Waals surface area contributed by atoms with Crippen LogP contribution in [0.2, 0.25) is 0 Å². The summed E-state index contributed by atoms with van der Waals surface area (Å²) in [5, 5.41) is 25.5. The van der Waals surface area contributed by atoms with E-state index in [2.05, 4.69) is 31.4 Å². The van der Waals surface area contributed by atoms with Crippen molar-refractivity contribution >= 4 is 44.6 Å². The highest BCUT2D eigenvalue weighted by Crippen LogP contribution is 2.32. The zero-order chi connectivity index (χ0) is 16.8. The third kappa shape index (κ3) is 4.67. The summed E-state index contributed by atoms with van der Waals surface area (Å²) in [6.07, 6.45) is 1.46. The van der Waals surface area contributed by atoms with Crippen LogP contribution in [0.25, 0.3) is 0 Å². The van der Waals surface area contributed by atoms with Crippen molar-refractivity contribution in [1.82, 2.24) is 4.98 Å². The normalized spacial score (nSPS) is 10.9. The van der Waals surface area contributed by atoms with Crippen LogP contribution in [0.15, 0.2) is 27.1 Å². The Morgan fingerprint density at radius 1 is 1.48 bits per heavy atom. The molecule has 1 heterocycles. The minimum atomic E-state index is -0.332. The van der Waals surface area contributed by atoms with Gasteiger partial charge in [0.05, 0.1) is 35.0 Å². The first-order chi connectivity index (χ1) is 11.0. The topological polar surface area (TPSA) is 104 Å². The first kappa shape index (κ1) is 17.2. The van der Waals surface area contributed by atoms with Crippen LogP contribution in [0, 0.1) is 0 Å². The number of hydrazone groups is 1. The SMILES string of the molecule is CCOC(=O)Cc1csc(NN=Cc2c(O)ccc(O)c2Br)n1. The van der Waals surface area contributed by atoms with Gasteiger partial charge in [-0.25, -0.2) is 4.98 Å². The summed E-state index contributed by atoms with van der Waals surface area (Å²) >= 11 is 4.46.